The van der Waals surface area contributed by atoms with Gasteiger partial charge in [-0.15, -0.1) is 0 Å². The van der Waals surface area contributed by atoms with Crippen LogP contribution in [0, 0.1) is 0 Å². The van der Waals surface area contributed by atoms with Gasteiger partial charge < -0.3 is 9.55 Å². The number of halogens is 1. The van der Waals surface area contributed by atoms with E-state index in [0.29, 0.717) is 0 Å². The van der Waals surface area contributed by atoms with E-state index in [9.17, 15) is 0 Å². The number of imidazole rings is 1. The molecular formula is C20H16ClN3. The number of nitrogens with one attached hydrogen (secondary N) is 1. The Morgan fingerprint density at radius 1 is 0.917 bits per heavy atom. The fourth-order valence-corrected chi connectivity index (χ4v) is 3.32. The third kappa shape index (κ3) is 2.63. The Morgan fingerprint density at radius 2 is 1.71 bits per heavy atom. The van der Waals surface area contributed by atoms with Gasteiger partial charge in [-0.25, -0.2) is 4.98 Å². The van der Waals surface area contributed by atoms with Crippen molar-refractivity contribution in [2.24, 2.45) is 0 Å². The van der Waals surface area contributed by atoms with Crippen LogP contribution in [0.1, 0.15) is 17.2 Å². The molecule has 4 heteroatoms. The molecule has 0 spiro atoms. The fraction of sp³-hybridized carbons (Fsp3) is 0.0500. The van der Waals surface area contributed by atoms with Crippen LogP contribution in [0.3, 0.4) is 0 Å². The Balaban J connectivity index is 1.90. The summed E-state index contributed by atoms with van der Waals surface area (Å²) in [4.78, 5) is 7.47. The number of nitrogens with zero attached hydrogens (tertiary/aromatic N) is 2. The second-order valence-electron chi connectivity index (χ2n) is 5.63. The summed E-state index contributed by atoms with van der Waals surface area (Å²) < 4.78 is 2.11. The highest BCUT2D eigenvalue weighted by Crippen LogP contribution is 2.37. The quantitative estimate of drug-likeness (QED) is 0.549. The molecule has 2 heterocycles. The summed E-state index contributed by atoms with van der Waals surface area (Å²) in [7, 11) is 0. The normalized spacial score (nSPS) is 12.2. The predicted octanol–water partition coefficient (Wildman–Crippen LogP) is 5.17. The zero-order valence-electron chi connectivity index (χ0n) is 12.9. The van der Waals surface area contributed by atoms with Crippen LogP contribution in [0.2, 0.25) is 5.02 Å². The summed E-state index contributed by atoms with van der Waals surface area (Å²) in [5, 5.41) is 0.746. The maximum Gasteiger partial charge on any atom is 0.0954 e. The van der Waals surface area contributed by atoms with E-state index in [4.69, 9.17) is 11.6 Å². The zero-order valence-corrected chi connectivity index (χ0v) is 13.7. The minimum absolute atomic E-state index is 0.0335. The molecule has 0 saturated heterocycles. The summed E-state index contributed by atoms with van der Waals surface area (Å²) in [6, 6.07) is 18.4. The largest absolute Gasteiger partial charge is 0.367 e. The summed E-state index contributed by atoms with van der Waals surface area (Å²) in [6.45, 7) is 0. The van der Waals surface area contributed by atoms with E-state index in [1.165, 1.54) is 5.56 Å². The number of rotatable bonds is 4. The first-order chi connectivity index (χ1) is 11.8. The molecular weight excluding hydrogens is 318 g/mol. The van der Waals surface area contributed by atoms with Crippen molar-refractivity contribution in [1.82, 2.24) is 14.5 Å². The van der Waals surface area contributed by atoms with Crippen molar-refractivity contribution < 1.29 is 0 Å². The summed E-state index contributed by atoms with van der Waals surface area (Å²) in [5.41, 5.74) is 4.48. The standard InChI is InChI=1S/C20H16ClN3/c21-19-9-5-4-8-16(19)17-12-23-13-18(17)20(24-11-10-22-14-24)15-6-2-1-3-7-15/h1-14,20,23H/t20-/m1/s1. The second-order valence-corrected chi connectivity index (χ2v) is 6.03. The van der Waals surface area contributed by atoms with Gasteiger partial charge in [-0.05, 0) is 11.6 Å². The van der Waals surface area contributed by atoms with Crippen LogP contribution >= 0.6 is 11.6 Å². The smallest absolute Gasteiger partial charge is 0.0954 e. The van der Waals surface area contributed by atoms with Crippen molar-refractivity contribution in [2.45, 2.75) is 6.04 Å². The molecule has 0 aliphatic heterocycles. The molecule has 4 rings (SSSR count). The van der Waals surface area contributed by atoms with Crippen LogP contribution in [0.15, 0.2) is 85.7 Å². The Labute approximate surface area is 145 Å². The molecule has 1 atom stereocenters. The van der Waals surface area contributed by atoms with Crippen molar-refractivity contribution >= 4 is 11.6 Å². The number of aromatic amines is 1. The molecule has 0 aliphatic rings. The number of H-pyrrole nitrogens is 1. The van der Waals surface area contributed by atoms with Gasteiger partial charge in [-0.2, -0.15) is 0 Å². The monoisotopic (exact) mass is 333 g/mol. The van der Waals surface area contributed by atoms with Gasteiger partial charge in [0.05, 0.1) is 12.4 Å². The van der Waals surface area contributed by atoms with Crippen LogP contribution in [0.25, 0.3) is 11.1 Å². The lowest BCUT2D eigenvalue weighted by molar-refractivity contribution is 0.679. The van der Waals surface area contributed by atoms with Gasteiger partial charge in [-0.3, -0.25) is 0 Å². The van der Waals surface area contributed by atoms with Crippen LogP contribution < -0.4 is 0 Å². The molecule has 0 unspecified atom stereocenters. The lowest BCUT2D eigenvalue weighted by atomic mass is 9.94. The van der Waals surface area contributed by atoms with Gasteiger partial charge in [-0.1, -0.05) is 60.1 Å². The van der Waals surface area contributed by atoms with Crippen molar-refractivity contribution in [3.05, 3.63) is 102 Å². The first kappa shape index (κ1) is 14.8. The van der Waals surface area contributed by atoms with Gasteiger partial charge in [0.25, 0.3) is 0 Å². The minimum atomic E-state index is 0.0335. The van der Waals surface area contributed by atoms with Crippen molar-refractivity contribution in [1.29, 1.82) is 0 Å². The molecule has 118 valence electrons. The number of aromatic nitrogens is 3. The number of hydrogen-bond acceptors (Lipinski definition) is 1. The lowest BCUT2D eigenvalue weighted by Crippen LogP contribution is -2.10. The molecule has 0 saturated carbocycles. The molecule has 1 N–H and O–H groups in total. The first-order valence-corrected chi connectivity index (χ1v) is 8.16. The van der Waals surface area contributed by atoms with E-state index in [-0.39, 0.29) is 6.04 Å². The molecule has 24 heavy (non-hydrogen) atoms. The van der Waals surface area contributed by atoms with Gasteiger partial charge in [0.2, 0.25) is 0 Å². The fourth-order valence-electron chi connectivity index (χ4n) is 3.08. The topological polar surface area (TPSA) is 33.6 Å². The predicted molar refractivity (Wildman–Crippen MR) is 97.1 cm³/mol. The molecule has 0 aliphatic carbocycles. The van der Waals surface area contributed by atoms with Crippen molar-refractivity contribution in [3.8, 4) is 11.1 Å². The summed E-state index contributed by atoms with van der Waals surface area (Å²) >= 11 is 6.43. The molecule has 2 aromatic carbocycles. The van der Waals surface area contributed by atoms with Crippen molar-refractivity contribution in [2.75, 3.05) is 0 Å². The molecule has 0 fully saturated rings. The lowest BCUT2D eigenvalue weighted by Gasteiger charge is -2.20. The average Bonchev–Trinajstić information content (AvgIpc) is 3.29. The van der Waals surface area contributed by atoms with Crippen LogP contribution in [-0.2, 0) is 0 Å². The second kappa shape index (κ2) is 6.38. The van der Waals surface area contributed by atoms with Crippen LogP contribution in [0.5, 0.6) is 0 Å². The van der Waals surface area contributed by atoms with E-state index in [2.05, 4.69) is 38.8 Å². The van der Waals surface area contributed by atoms with Gasteiger partial charge in [0, 0.05) is 46.5 Å². The highest BCUT2D eigenvalue weighted by Gasteiger charge is 2.21. The Morgan fingerprint density at radius 3 is 2.46 bits per heavy atom. The van der Waals surface area contributed by atoms with E-state index in [1.807, 2.05) is 55.2 Å². The van der Waals surface area contributed by atoms with Crippen LogP contribution in [-0.4, -0.2) is 14.5 Å². The Hall–Kier alpha value is -2.78. The van der Waals surface area contributed by atoms with E-state index in [1.54, 1.807) is 6.20 Å². The Bertz CT molecular complexity index is 926. The highest BCUT2D eigenvalue weighted by atomic mass is 35.5. The molecule has 0 amide bonds. The SMILES string of the molecule is Clc1ccccc1-c1c[nH]cc1[C@@H](c1ccccc1)n1ccnc1. The van der Waals surface area contributed by atoms with Crippen LogP contribution in [0.4, 0.5) is 0 Å². The summed E-state index contributed by atoms with van der Waals surface area (Å²) in [6.07, 6.45) is 9.68. The van der Waals surface area contributed by atoms with E-state index in [0.717, 1.165) is 21.7 Å². The summed E-state index contributed by atoms with van der Waals surface area (Å²) in [5.74, 6) is 0. The molecule has 3 nitrogen and oxygen atoms in total. The minimum Gasteiger partial charge on any atom is -0.367 e. The average molecular weight is 334 g/mol. The van der Waals surface area contributed by atoms with Gasteiger partial charge in [0.1, 0.15) is 0 Å². The maximum absolute atomic E-state index is 6.43. The number of benzene rings is 2. The number of hydrogen-bond donors (Lipinski definition) is 1. The third-order valence-electron chi connectivity index (χ3n) is 4.17. The van der Waals surface area contributed by atoms with Crippen molar-refractivity contribution in [3.63, 3.8) is 0 Å². The third-order valence-corrected chi connectivity index (χ3v) is 4.50. The van der Waals surface area contributed by atoms with E-state index >= 15 is 0 Å². The first-order valence-electron chi connectivity index (χ1n) is 7.78. The molecule has 2 aromatic heterocycles. The molecule has 4 aromatic rings. The molecule has 0 bridgehead atoms. The highest BCUT2D eigenvalue weighted by molar-refractivity contribution is 6.33. The maximum atomic E-state index is 6.43. The van der Waals surface area contributed by atoms with E-state index < -0.39 is 0 Å². The molecule has 0 radical (unpaired) electrons. The van der Waals surface area contributed by atoms with Gasteiger partial charge in [0.15, 0.2) is 0 Å². The zero-order chi connectivity index (χ0) is 16.4. The Kier molecular flexibility index (Phi) is 3.93. The van der Waals surface area contributed by atoms with Gasteiger partial charge >= 0.3 is 0 Å².